The highest BCUT2D eigenvalue weighted by molar-refractivity contribution is 6.05. The molecule has 0 spiro atoms. The molecule has 2 aromatic rings. The lowest BCUT2D eigenvalue weighted by molar-refractivity contribution is -0.149. The minimum Gasteiger partial charge on any atom is -0.497 e. The summed E-state index contributed by atoms with van der Waals surface area (Å²) in [5, 5.41) is 6.47. The Morgan fingerprint density at radius 3 is 2.47 bits per heavy atom. The number of benzene rings is 2. The molecular formula is C28H35N3O5. The van der Waals surface area contributed by atoms with Crippen LogP contribution in [0.5, 0.6) is 11.5 Å². The predicted octanol–water partition coefficient (Wildman–Crippen LogP) is 3.97. The number of aryl methyl sites for hydroxylation is 1. The normalized spacial score (nSPS) is 18.6. The van der Waals surface area contributed by atoms with Crippen LogP contribution in [0.15, 0.2) is 47.6 Å². The number of likely N-dealkylation sites (tertiary alicyclic amines) is 1. The van der Waals surface area contributed by atoms with E-state index in [1.807, 2.05) is 37.3 Å². The van der Waals surface area contributed by atoms with Crippen molar-refractivity contribution in [3.63, 3.8) is 0 Å². The maximum absolute atomic E-state index is 13.6. The van der Waals surface area contributed by atoms with Crippen LogP contribution in [0.1, 0.15) is 48.9 Å². The van der Waals surface area contributed by atoms with Crippen LogP contribution in [0, 0.1) is 12.8 Å². The number of nitrogens with zero attached hydrogens (tertiary/aromatic N) is 3. The third-order valence-electron chi connectivity index (χ3n) is 7.00. The van der Waals surface area contributed by atoms with Gasteiger partial charge in [0.15, 0.2) is 0 Å². The third-order valence-corrected chi connectivity index (χ3v) is 7.00. The molecule has 0 aromatic heterocycles. The fourth-order valence-corrected chi connectivity index (χ4v) is 4.99. The number of rotatable bonds is 8. The van der Waals surface area contributed by atoms with Gasteiger partial charge in [0.05, 0.1) is 45.0 Å². The zero-order valence-electron chi connectivity index (χ0n) is 21.5. The molecule has 2 aromatic carbocycles. The van der Waals surface area contributed by atoms with Gasteiger partial charge < -0.3 is 14.2 Å². The SMILES string of the molecule is CCOC(=O)C1CCN(CC(=O)N2N=C(c3ccc(OC)cc3OC)C[C@H]2c2ccccc2C)CC1. The van der Waals surface area contributed by atoms with Crippen LogP contribution in [0.4, 0.5) is 0 Å². The van der Waals surface area contributed by atoms with Crippen molar-refractivity contribution in [2.24, 2.45) is 11.0 Å². The highest BCUT2D eigenvalue weighted by Crippen LogP contribution is 2.37. The first-order valence-electron chi connectivity index (χ1n) is 12.5. The maximum Gasteiger partial charge on any atom is 0.309 e. The third kappa shape index (κ3) is 5.54. The molecule has 8 nitrogen and oxygen atoms in total. The molecule has 0 bridgehead atoms. The summed E-state index contributed by atoms with van der Waals surface area (Å²) in [5.41, 5.74) is 3.85. The Labute approximate surface area is 212 Å². The number of hydrogen-bond acceptors (Lipinski definition) is 7. The number of ether oxygens (including phenoxy) is 3. The highest BCUT2D eigenvalue weighted by atomic mass is 16.5. The van der Waals surface area contributed by atoms with Gasteiger partial charge in [-0.1, -0.05) is 24.3 Å². The van der Waals surface area contributed by atoms with Gasteiger partial charge in [-0.25, -0.2) is 5.01 Å². The summed E-state index contributed by atoms with van der Waals surface area (Å²) in [7, 11) is 3.24. The molecule has 0 saturated carbocycles. The number of piperidine rings is 1. The Morgan fingerprint density at radius 1 is 1.06 bits per heavy atom. The molecule has 0 unspecified atom stereocenters. The fourth-order valence-electron chi connectivity index (χ4n) is 4.99. The largest absolute Gasteiger partial charge is 0.497 e. The van der Waals surface area contributed by atoms with Crippen molar-refractivity contribution < 1.29 is 23.8 Å². The Balaban J connectivity index is 1.55. The van der Waals surface area contributed by atoms with Crippen molar-refractivity contribution in [1.29, 1.82) is 0 Å². The van der Waals surface area contributed by atoms with Crippen molar-refractivity contribution in [1.82, 2.24) is 9.91 Å². The molecule has 4 rings (SSSR count). The monoisotopic (exact) mass is 493 g/mol. The van der Waals surface area contributed by atoms with E-state index in [0.717, 1.165) is 22.4 Å². The van der Waals surface area contributed by atoms with Gasteiger partial charge in [0.25, 0.3) is 5.91 Å². The lowest BCUT2D eigenvalue weighted by atomic mass is 9.94. The molecule has 0 N–H and O–H groups in total. The van der Waals surface area contributed by atoms with Crippen molar-refractivity contribution in [3.05, 3.63) is 59.2 Å². The minimum absolute atomic E-state index is 0.0553. The minimum atomic E-state index is -0.197. The second-order valence-corrected chi connectivity index (χ2v) is 9.23. The Kier molecular flexibility index (Phi) is 8.25. The Hall–Kier alpha value is -3.39. The number of esters is 1. The van der Waals surface area contributed by atoms with Gasteiger partial charge in [0, 0.05) is 18.1 Å². The first kappa shape index (κ1) is 25.7. The highest BCUT2D eigenvalue weighted by Gasteiger charge is 2.36. The number of methoxy groups -OCH3 is 2. The second-order valence-electron chi connectivity index (χ2n) is 9.23. The molecule has 1 fully saturated rings. The van der Waals surface area contributed by atoms with Crippen LogP contribution >= 0.6 is 0 Å². The van der Waals surface area contributed by atoms with E-state index in [4.69, 9.17) is 19.3 Å². The van der Waals surface area contributed by atoms with Gasteiger partial charge in [0.2, 0.25) is 0 Å². The zero-order valence-corrected chi connectivity index (χ0v) is 21.5. The van der Waals surface area contributed by atoms with Crippen LogP contribution in [0.3, 0.4) is 0 Å². The van der Waals surface area contributed by atoms with E-state index in [0.29, 0.717) is 50.5 Å². The summed E-state index contributed by atoms with van der Waals surface area (Å²) >= 11 is 0. The van der Waals surface area contributed by atoms with Crippen LogP contribution < -0.4 is 9.47 Å². The topological polar surface area (TPSA) is 80.7 Å². The molecule has 1 amide bonds. The molecule has 192 valence electrons. The van der Waals surface area contributed by atoms with Gasteiger partial charge >= 0.3 is 5.97 Å². The van der Waals surface area contributed by atoms with Crippen molar-refractivity contribution in [2.45, 2.75) is 39.2 Å². The van der Waals surface area contributed by atoms with E-state index >= 15 is 0 Å². The van der Waals surface area contributed by atoms with E-state index in [-0.39, 0.29) is 30.4 Å². The molecular weight excluding hydrogens is 458 g/mol. The summed E-state index contributed by atoms with van der Waals surface area (Å²) in [5.74, 6) is 1.08. The molecule has 2 aliphatic rings. The van der Waals surface area contributed by atoms with E-state index in [9.17, 15) is 9.59 Å². The molecule has 0 radical (unpaired) electrons. The van der Waals surface area contributed by atoms with Gasteiger partial charge in [0.1, 0.15) is 11.5 Å². The summed E-state index contributed by atoms with van der Waals surface area (Å²) in [4.78, 5) is 27.8. The van der Waals surface area contributed by atoms with Gasteiger partial charge in [-0.2, -0.15) is 5.10 Å². The number of hydrazone groups is 1. The maximum atomic E-state index is 13.6. The van der Waals surface area contributed by atoms with E-state index in [1.165, 1.54) is 0 Å². The smallest absolute Gasteiger partial charge is 0.309 e. The first-order chi connectivity index (χ1) is 17.4. The van der Waals surface area contributed by atoms with Crippen LogP contribution in [0.25, 0.3) is 0 Å². The predicted molar refractivity (Wildman–Crippen MR) is 137 cm³/mol. The average Bonchev–Trinajstić information content (AvgIpc) is 3.34. The van der Waals surface area contributed by atoms with Gasteiger partial charge in [-0.3, -0.25) is 14.5 Å². The number of carbonyl (C=O) groups excluding carboxylic acids is 2. The molecule has 36 heavy (non-hydrogen) atoms. The van der Waals surface area contributed by atoms with E-state index < -0.39 is 0 Å². The second kappa shape index (κ2) is 11.6. The lowest BCUT2D eigenvalue weighted by Gasteiger charge is -2.32. The standard InChI is InChI=1S/C28H35N3O5/c1-5-36-28(33)20-12-14-30(15-13-20)18-27(32)31-25(22-9-7-6-8-19(22)2)17-24(29-31)23-11-10-21(34-3)16-26(23)35-4/h6-11,16,20,25H,5,12-15,17-18H2,1-4H3/t25-/m0/s1. The summed E-state index contributed by atoms with van der Waals surface area (Å²) in [6.07, 6.45) is 1.99. The van der Waals surface area contributed by atoms with Crippen LogP contribution in [-0.4, -0.2) is 68.0 Å². The summed E-state index contributed by atoms with van der Waals surface area (Å²) < 4.78 is 16.1. The molecule has 1 atom stereocenters. The zero-order chi connectivity index (χ0) is 25.7. The molecule has 2 heterocycles. The van der Waals surface area contributed by atoms with Crippen molar-refractivity contribution in [2.75, 3.05) is 40.5 Å². The number of hydrogen-bond donors (Lipinski definition) is 0. The van der Waals surface area contributed by atoms with Crippen LogP contribution in [0.2, 0.25) is 0 Å². The molecule has 2 aliphatic heterocycles. The van der Waals surface area contributed by atoms with Crippen molar-refractivity contribution in [3.8, 4) is 11.5 Å². The van der Waals surface area contributed by atoms with E-state index in [2.05, 4.69) is 24.0 Å². The first-order valence-corrected chi connectivity index (χ1v) is 12.5. The van der Waals surface area contributed by atoms with Crippen LogP contribution in [-0.2, 0) is 14.3 Å². The quantitative estimate of drug-likeness (QED) is 0.518. The Morgan fingerprint density at radius 2 is 1.81 bits per heavy atom. The van der Waals surface area contributed by atoms with Gasteiger partial charge in [-0.15, -0.1) is 0 Å². The molecule has 1 saturated heterocycles. The lowest BCUT2D eigenvalue weighted by Crippen LogP contribution is -2.43. The summed E-state index contributed by atoms with van der Waals surface area (Å²) in [6, 6.07) is 13.6. The van der Waals surface area contributed by atoms with Gasteiger partial charge in [-0.05, 0) is 63.0 Å². The number of amides is 1. The number of carbonyl (C=O) groups is 2. The average molecular weight is 494 g/mol. The van der Waals surface area contributed by atoms with Crippen molar-refractivity contribution >= 4 is 17.6 Å². The van der Waals surface area contributed by atoms with E-state index in [1.54, 1.807) is 19.2 Å². The molecule has 8 heteroatoms. The fraction of sp³-hybridized carbons (Fsp3) is 0.464. The summed E-state index contributed by atoms with van der Waals surface area (Å²) in [6.45, 7) is 5.90. The molecule has 0 aliphatic carbocycles. The Bertz CT molecular complexity index is 1120.